The van der Waals surface area contributed by atoms with Gasteiger partial charge in [0.05, 0.1) is 6.04 Å². The fraction of sp³-hybridized carbons (Fsp3) is 0.429. The third-order valence-corrected chi connectivity index (χ3v) is 8.26. The highest BCUT2D eigenvalue weighted by atomic mass is 19.1. The molecule has 3 saturated carbocycles. The molecule has 4 aliphatic carbocycles. The van der Waals surface area contributed by atoms with Crippen LogP contribution < -0.4 is 0 Å². The maximum atomic E-state index is 15.5. The molecule has 0 spiro atoms. The number of allylic oxidation sites excluding steroid dienone is 1. The summed E-state index contributed by atoms with van der Waals surface area (Å²) < 4.78 is 31.0. The summed E-state index contributed by atoms with van der Waals surface area (Å²) in [6.45, 7) is 5.07. The number of fused-ring (bicyclic) bond motifs is 2. The largest absolute Gasteiger partial charge is 0.289 e. The highest BCUT2D eigenvalue weighted by Gasteiger charge is 2.58. The van der Waals surface area contributed by atoms with Crippen molar-refractivity contribution in [2.24, 2.45) is 11.3 Å². The molecule has 3 heteroatoms. The van der Waals surface area contributed by atoms with Crippen LogP contribution in [0.25, 0.3) is 11.6 Å². The molecule has 1 nitrogen and oxygen atoms in total. The fourth-order valence-corrected chi connectivity index (χ4v) is 6.80. The first-order chi connectivity index (χ1) is 15.0. The molecule has 0 N–H and O–H groups in total. The minimum atomic E-state index is -0.419. The van der Waals surface area contributed by atoms with Gasteiger partial charge in [-0.15, -0.1) is 0 Å². The Labute approximate surface area is 183 Å². The first-order valence-electron chi connectivity index (χ1n) is 11.7. The number of nitrogens with zero attached hydrogens (tertiary/aromatic N) is 1. The zero-order valence-corrected chi connectivity index (χ0v) is 18.3. The number of hydrogen-bond donors (Lipinski definition) is 0. The maximum absolute atomic E-state index is 15.5. The molecule has 2 atom stereocenters. The van der Waals surface area contributed by atoms with E-state index in [1.807, 2.05) is 13.0 Å². The van der Waals surface area contributed by atoms with Gasteiger partial charge in [-0.2, -0.15) is 0 Å². The van der Waals surface area contributed by atoms with Crippen LogP contribution in [0.3, 0.4) is 0 Å². The van der Waals surface area contributed by atoms with Crippen molar-refractivity contribution in [2.75, 3.05) is 6.54 Å². The number of benzene rings is 2. The van der Waals surface area contributed by atoms with Crippen molar-refractivity contribution in [3.63, 3.8) is 0 Å². The molecular weight excluding hydrogens is 388 g/mol. The van der Waals surface area contributed by atoms with Crippen LogP contribution in [0.5, 0.6) is 0 Å². The summed E-state index contributed by atoms with van der Waals surface area (Å²) in [5.74, 6) is 0.0628. The molecular formula is C28H29F2N. The second kappa shape index (κ2) is 6.87. The number of halogens is 2. The molecule has 0 radical (unpaired) electrons. The second-order valence-electron chi connectivity index (χ2n) is 10.3. The SMILES string of the molecule is C/C=C/c1cc(F)c(C2C3=C(CC(C)N2CC24CC(C2)C4)c2ccccc2C3)c(F)c1. The van der Waals surface area contributed by atoms with Crippen LogP contribution in [-0.4, -0.2) is 17.5 Å². The summed E-state index contributed by atoms with van der Waals surface area (Å²) in [6, 6.07) is 11.4. The van der Waals surface area contributed by atoms with Gasteiger partial charge in [-0.25, -0.2) is 8.78 Å². The van der Waals surface area contributed by atoms with E-state index in [-0.39, 0.29) is 17.6 Å². The van der Waals surface area contributed by atoms with Crippen molar-refractivity contribution in [2.45, 2.75) is 58.0 Å². The highest BCUT2D eigenvalue weighted by molar-refractivity contribution is 5.79. The van der Waals surface area contributed by atoms with Crippen LogP contribution in [0.2, 0.25) is 0 Å². The van der Waals surface area contributed by atoms with Crippen molar-refractivity contribution < 1.29 is 8.78 Å². The average molecular weight is 418 g/mol. The smallest absolute Gasteiger partial charge is 0.131 e. The second-order valence-corrected chi connectivity index (χ2v) is 10.3. The van der Waals surface area contributed by atoms with E-state index in [2.05, 4.69) is 36.1 Å². The lowest BCUT2D eigenvalue weighted by molar-refractivity contribution is -0.134. The lowest BCUT2D eigenvalue weighted by atomic mass is 9.44. The fourth-order valence-electron chi connectivity index (χ4n) is 6.80. The van der Waals surface area contributed by atoms with E-state index in [0.29, 0.717) is 11.0 Å². The van der Waals surface area contributed by atoms with Gasteiger partial charge in [0.15, 0.2) is 0 Å². The zero-order valence-electron chi connectivity index (χ0n) is 18.3. The molecule has 2 unspecified atom stereocenters. The molecule has 7 rings (SSSR count). The molecule has 2 aromatic rings. The number of rotatable bonds is 4. The summed E-state index contributed by atoms with van der Waals surface area (Å²) in [5.41, 5.74) is 6.32. The average Bonchev–Trinajstić information content (AvgIpc) is 3.03. The van der Waals surface area contributed by atoms with E-state index in [0.717, 1.165) is 25.3 Å². The van der Waals surface area contributed by atoms with Gasteiger partial charge >= 0.3 is 0 Å². The molecule has 0 amide bonds. The quantitative estimate of drug-likeness (QED) is 0.521. The molecule has 160 valence electrons. The van der Waals surface area contributed by atoms with E-state index < -0.39 is 11.6 Å². The van der Waals surface area contributed by atoms with Gasteiger partial charge in [-0.3, -0.25) is 4.90 Å². The molecule has 1 heterocycles. The van der Waals surface area contributed by atoms with Gasteiger partial charge in [-0.05, 0) is 97.3 Å². The predicted octanol–water partition coefficient (Wildman–Crippen LogP) is 6.94. The Morgan fingerprint density at radius 2 is 1.81 bits per heavy atom. The molecule has 2 bridgehead atoms. The van der Waals surface area contributed by atoms with Crippen molar-refractivity contribution in [1.82, 2.24) is 4.90 Å². The van der Waals surface area contributed by atoms with Gasteiger partial charge in [0.25, 0.3) is 0 Å². The van der Waals surface area contributed by atoms with E-state index in [1.54, 1.807) is 6.08 Å². The summed E-state index contributed by atoms with van der Waals surface area (Å²) in [4.78, 5) is 2.44. The third-order valence-electron chi connectivity index (χ3n) is 8.26. The Morgan fingerprint density at radius 1 is 1.10 bits per heavy atom. The lowest BCUT2D eigenvalue weighted by Crippen LogP contribution is -2.59. The van der Waals surface area contributed by atoms with Crippen LogP contribution in [0, 0.1) is 23.0 Å². The molecule has 2 aromatic carbocycles. The van der Waals surface area contributed by atoms with Crippen LogP contribution in [0.1, 0.15) is 67.8 Å². The van der Waals surface area contributed by atoms with Crippen molar-refractivity contribution >= 4 is 11.6 Å². The standard InChI is InChI=1S/C28H29F2N/c1-3-6-18-10-24(29)26(25(30)11-18)27-23-12-20-7-4-5-8-21(20)22(23)9-17(2)31(27)16-28-13-19(14-28)15-28/h3-8,10-11,17,19,27H,9,12-16H2,1-2H3/b6-3+. The third kappa shape index (κ3) is 2.89. The van der Waals surface area contributed by atoms with Crippen LogP contribution in [0.4, 0.5) is 8.78 Å². The highest BCUT2D eigenvalue weighted by Crippen LogP contribution is 2.65. The Hall–Kier alpha value is -2.26. The van der Waals surface area contributed by atoms with Crippen molar-refractivity contribution in [3.8, 4) is 0 Å². The molecule has 0 saturated heterocycles. The van der Waals surface area contributed by atoms with Crippen molar-refractivity contribution in [3.05, 3.63) is 81.9 Å². The maximum Gasteiger partial charge on any atom is 0.131 e. The monoisotopic (exact) mass is 417 g/mol. The van der Waals surface area contributed by atoms with Gasteiger partial charge in [0.2, 0.25) is 0 Å². The minimum absolute atomic E-state index is 0.242. The first kappa shape index (κ1) is 19.4. The molecule has 0 aromatic heterocycles. The normalized spacial score (nSPS) is 31.4. The Balaban J connectivity index is 1.49. The predicted molar refractivity (Wildman–Crippen MR) is 121 cm³/mol. The van der Waals surface area contributed by atoms with E-state index in [4.69, 9.17) is 0 Å². The number of hydrogen-bond acceptors (Lipinski definition) is 1. The Kier molecular flexibility index (Phi) is 4.30. The van der Waals surface area contributed by atoms with Gasteiger partial charge < -0.3 is 0 Å². The topological polar surface area (TPSA) is 3.24 Å². The van der Waals surface area contributed by atoms with E-state index in [1.165, 1.54) is 53.7 Å². The van der Waals surface area contributed by atoms with Crippen LogP contribution in [0.15, 0.2) is 48.0 Å². The molecule has 3 fully saturated rings. The Morgan fingerprint density at radius 3 is 2.45 bits per heavy atom. The summed E-state index contributed by atoms with van der Waals surface area (Å²) in [6.07, 6.45) is 9.21. The van der Waals surface area contributed by atoms with Gasteiger partial charge in [0.1, 0.15) is 11.6 Å². The van der Waals surface area contributed by atoms with Gasteiger partial charge in [0, 0.05) is 18.2 Å². The minimum Gasteiger partial charge on any atom is -0.289 e. The van der Waals surface area contributed by atoms with Crippen LogP contribution >= 0.6 is 0 Å². The molecule has 1 aliphatic heterocycles. The summed E-state index contributed by atoms with van der Waals surface area (Å²) in [7, 11) is 0. The lowest BCUT2D eigenvalue weighted by Gasteiger charge is -2.64. The molecule has 31 heavy (non-hydrogen) atoms. The first-order valence-corrected chi connectivity index (χ1v) is 11.7. The van der Waals surface area contributed by atoms with Gasteiger partial charge in [-0.1, -0.05) is 36.4 Å². The molecule has 5 aliphatic rings. The summed E-state index contributed by atoms with van der Waals surface area (Å²) in [5, 5.41) is 0. The van der Waals surface area contributed by atoms with Crippen LogP contribution in [-0.2, 0) is 6.42 Å². The van der Waals surface area contributed by atoms with E-state index in [9.17, 15) is 0 Å². The zero-order chi connectivity index (χ0) is 21.3. The van der Waals surface area contributed by atoms with E-state index >= 15 is 8.78 Å². The Bertz CT molecular complexity index is 1090. The van der Waals surface area contributed by atoms with Crippen molar-refractivity contribution in [1.29, 1.82) is 0 Å². The summed E-state index contributed by atoms with van der Waals surface area (Å²) >= 11 is 0.